The molecule has 0 unspecified atom stereocenters. The number of rotatable bonds is 4. The molecule has 2 rings (SSSR count). The predicted molar refractivity (Wildman–Crippen MR) is 71.9 cm³/mol. The average Bonchev–Trinajstić information content (AvgIpc) is 2.84. The van der Waals surface area contributed by atoms with Crippen LogP contribution in [0.25, 0.3) is 0 Å². The summed E-state index contributed by atoms with van der Waals surface area (Å²) in [6.45, 7) is 5.88. The van der Waals surface area contributed by atoms with E-state index in [9.17, 15) is 4.79 Å². The summed E-state index contributed by atoms with van der Waals surface area (Å²) in [6, 6.07) is 0. The van der Waals surface area contributed by atoms with Crippen molar-refractivity contribution in [3.8, 4) is 0 Å². The molecule has 0 aliphatic carbocycles. The van der Waals surface area contributed by atoms with Crippen molar-refractivity contribution in [3.05, 3.63) is 28.0 Å². The second kappa shape index (κ2) is 5.30. The Morgan fingerprint density at radius 2 is 2.22 bits per heavy atom. The number of carbonyl (C=O) groups excluding carboxylic acids is 1. The highest BCUT2D eigenvalue weighted by molar-refractivity contribution is 7.15. The monoisotopic (exact) mass is 264 g/mol. The van der Waals surface area contributed by atoms with Crippen LogP contribution in [0.4, 0.5) is 5.13 Å². The molecule has 0 aromatic carbocycles. The number of thiazole rings is 1. The molecule has 0 saturated carbocycles. The van der Waals surface area contributed by atoms with E-state index in [-0.39, 0.29) is 5.91 Å². The third-order valence-corrected chi connectivity index (χ3v) is 3.58. The molecule has 0 radical (unpaired) electrons. The minimum absolute atomic E-state index is 0.00986. The molecule has 2 aromatic rings. The third kappa shape index (κ3) is 2.95. The molecule has 0 fully saturated rings. The fraction of sp³-hybridized carbons (Fsp3) is 0.417. The van der Waals surface area contributed by atoms with Crippen LogP contribution in [-0.2, 0) is 11.2 Å². The van der Waals surface area contributed by atoms with Gasteiger partial charge in [0.25, 0.3) is 0 Å². The lowest BCUT2D eigenvalue weighted by molar-refractivity contribution is -0.116. The zero-order valence-electron chi connectivity index (χ0n) is 10.7. The Morgan fingerprint density at radius 1 is 1.44 bits per heavy atom. The Morgan fingerprint density at radius 3 is 2.78 bits per heavy atom. The van der Waals surface area contributed by atoms with Gasteiger partial charge in [0.15, 0.2) is 5.13 Å². The summed E-state index contributed by atoms with van der Waals surface area (Å²) in [7, 11) is 0. The highest BCUT2D eigenvalue weighted by Gasteiger charge is 2.10. The molecule has 5 nitrogen and oxygen atoms in total. The molecule has 0 aliphatic heterocycles. The molecule has 6 heteroatoms. The first-order valence-corrected chi connectivity index (χ1v) is 6.60. The van der Waals surface area contributed by atoms with E-state index < -0.39 is 0 Å². The molecule has 2 heterocycles. The average molecular weight is 264 g/mol. The van der Waals surface area contributed by atoms with Crippen molar-refractivity contribution in [2.75, 3.05) is 5.32 Å². The SMILES string of the molecule is Cc1cnc(NC(=O)CCc2c(C)n[nH]c2C)s1. The van der Waals surface area contributed by atoms with Gasteiger partial charge in [-0.05, 0) is 32.8 Å². The number of aromatic nitrogens is 3. The maximum atomic E-state index is 11.8. The van der Waals surface area contributed by atoms with E-state index in [1.54, 1.807) is 6.20 Å². The lowest BCUT2D eigenvalue weighted by atomic mass is 10.1. The molecule has 0 aliphatic rings. The highest BCUT2D eigenvalue weighted by atomic mass is 32.1. The molecule has 2 aromatic heterocycles. The quantitative estimate of drug-likeness (QED) is 0.890. The summed E-state index contributed by atoms with van der Waals surface area (Å²) >= 11 is 1.48. The molecule has 18 heavy (non-hydrogen) atoms. The van der Waals surface area contributed by atoms with Gasteiger partial charge in [-0.2, -0.15) is 5.10 Å². The van der Waals surface area contributed by atoms with E-state index in [4.69, 9.17) is 0 Å². The van der Waals surface area contributed by atoms with Gasteiger partial charge < -0.3 is 5.32 Å². The first-order valence-electron chi connectivity index (χ1n) is 5.79. The normalized spacial score (nSPS) is 10.6. The predicted octanol–water partition coefficient (Wildman–Crippen LogP) is 2.36. The fourth-order valence-corrected chi connectivity index (χ4v) is 2.46. The van der Waals surface area contributed by atoms with E-state index in [1.807, 2.05) is 20.8 Å². The van der Waals surface area contributed by atoms with Crippen molar-refractivity contribution in [1.29, 1.82) is 0 Å². The molecule has 0 atom stereocenters. The van der Waals surface area contributed by atoms with Crippen molar-refractivity contribution in [3.63, 3.8) is 0 Å². The maximum absolute atomic E-state index is 11.8. The molecule has 2 N–H and O–H groups in total. The van der Waals surface area contributed by atoms with Crippen molar-refractivity contribution in [1.82, 2.24) is 15.2 Å². The second-order valence-corrected chi connectivity index (χ2v) is 5.47. The van der Waals surface area contributed by atoms with Crippen LogP contribution in [-0.4, -0.2) is 21.1 Å². The van der Waals surface area contributed by atoms with Crippen molar-refractivity contribution < 1.29 is 4.79 Å². The van der Waals surface area contributed by atoms with E-state index >= 15 is 0 Å². The smallest absolute Gasteiger partial charge is 0.226 e. The third-order valence-electron chi connectivity index (χ3n) is 2.75. The molecule has 0 bridgehead atoms. The van der Waals surface area contributed by atoms with Gasteiger partial charge in [-0.3, -0.25) is 9.89 Å². The van der Waals surface area contributed by atoms with Gasteiger partial charge in [-0.15, -0.1) is 11.3 Å². The fourth-order valence-electron chi connectivity index (χ4n) is 1.78. The number of hydrogen-bond donors (Lipinski definition) is 2. The van der Waals surface area contributed by atoms with Gasteiger partial charge in [0.1, 0.15) is 0 Å². The Labute approximate surface area is 110 Å². The number of hydrogen-bond acceptors (Lipinski definition) is 4. The van der Waals surface area contributed by atoms with Crippen LogP contribution in [0.2, 0.25) is 0 Å². The number of H-pyrrole nitrogens is 1. The number of carbonyl (C=O) groups is 1. The number of nitrogens with one attached hydrogen (secondary N) is 2. The van der Waals surface area contributed by atoms with Crippen LogP contribution in [0.5, 0.6) is 0 Å². The van der Waals surface area contributed by atoms with Crippen molar-refractivity contribution in [2.24, 2.45) is 0 Å². The van der Waals surface area contributed by atoms with Crippen molar-refractivity contribution in [2.45, 2.75) is 33.6 Å². The highest BCUT2D eigenvalue weighted by Crippen LogP contribution is 2.17. The largest absolute Gasteiger partial charge is 0.302 e. The van der Waals surface area contributed by atoms with Gasteiger partial charge >= 0.3 is 0 Å². The summed E-state index contributed by atoms with van der Waals surface area (Å²) in [6.07, 6.45) is 2.90. The lowest BCUT2D eigenvalue weighted by Gasteiger charge is -2.02. The van der Waals surface area contributed by atoms with E-state index in [0.29, 0.717) is 18.0 Å². The standard InChI is InChI=1S/C12H16N4OS/c1-7-6-13-12(18-7)14-11(17)5-4-10-8(2)15-16-9(10)3/h6H,4-5H2,1-3H3,(H,15,16)(H,13,14,17). The number of aromatic amines is 1. The van der Waals surface area contributed by atoms with Crippen LogP contribution in [0.15, 0.2) is 6.20 Å². The Hall–Kier alpha value is -1.69. The summed E-state index contributed by atoms with van der Waals surface area (Å²) in [4.78, 5) is 17.0. The molecule has 0 saturated heterocycles. The lowest BCUT2D eigenvalue weighted by Crippen LogP contribution is -2.12. The Kier molecular flexibility index (Phi) is 3.76. The van der Waals surface area contributed by atoms with Crippen LogP contribution in [0.1, 0.15) is 28.2 Å². The minimum atomic E-state index is -0.00986. The van der Waals surface area contributed by atoms with Crippen LogP contribution in [0, 0.1) is 20.8 Å². The van der Waals surface area contributed by atoms with Crippen LogP contribution < -0.4 is 5.32 Å². The van der Waals surface area contributed by atoms with E-state index in [2.05, 4.69) is 20.5 Å². The molecular formula is C12H16N4OS. The molecule has 1 amide bonds. The number of anilines is 1. The minimum Gasteiger partial charge on any atom is -0.302 e. The summed E-state index contributed by atoms with van der Waals surface area (Å²) in [5.74, 6) is -0.00986. The molecular weight excluding hydrogens is 248 g/mol. The first kappa shape index (κ1) is 12.8. The second-order valence-electron chi connectivity index (χ2n) is 4.24. The summed E-state index contributed by atoms with van der Waals surface area (Å²) in [5, 5.41) is 10.5. The van der Waals surface area contributed by atoms with E-state index in [0.717, 1.165) is 21.8 Å². The van der Waals surface area contributed by atoms with Crippen LogP contribution in [0.3, 0.4) is 0 Å². The zero-order chi connectivity index (χ0) is 13.1. The van der Waals surface area contributed by atoms with E-state index in [1.165, 1.54) is 11.3 Å². The summed E-state index contributed by atoms with van der Waals surface area (Å²) < 4.78 is 0. The van der Waals surface area contributed by atoms with Gasteiger partial charge in [-0.25, -0.2) is 4.98 Å². The first-order chi connectivity index (χ1) is 8.56. The van der Waals surface area contributed by atoms with Gasteiger partial charge in [0.05, 0.1) is 5.69 Å². The molecule has 0 spiro atoms. The Balaban J connectivity index is 1.89. The Bertz CT molecular complexity index is 539. The number of nitrogens with zero attached hydrogens (tertiary/aromatic N) is 2. The van der Waals surface area contributed by atoms with Gasteiger partial charge in [-0.1, -0.05) is 0 Å². The van der Waals surface area contributed by atoms with Gasteiger partial charge in [0.2, 0.25) is 5.91 Å². The summed E-state index contributed by atoms with van der Waals surface area (Å²) in [5.41, 5.74) is 3.12. The molecule has 96 valence electrons. The van der Waals surface area contributed by atoms with Gasteiger partial charge in [0, 0.05) is 23.2 Å². The number of aryl methyl sites for hydroxylation is 3. The number of amides is 1. The van der Waals surface area contributed by atoms with Crippen LogP contribution >= 0.6 is 11.3 Å². The topological polar surface area (TPSA) is 70.7 Å². The zero-order valence-corrected chi connectivity index (χ0v) is 11.5. The maximum Gasteiger partial charge on any atom is 0.226 e. The van der Waals surface area contributed by atoms with Crippen molar-refractivity contribution >= 4 is 22.4 Å².